The second kappa shape index (κ2) is 25.9. The van der Waals surface area contributed by atoms with E-state index in [0.717, 1.165) is 125 Å². The molecule has 0 amide bonds. The van der Waals surface area contributed by atoms with Gasteiger partial charge in [0.25, 0.3) is 10.1 Å². The molecule has 368 valence electrons. The number of nitrogens with zero attached hydrogens (tertiary/aromatic N) is 2. The molecule has 4 fully saturated rings. The molecule has 2 saturated carbocycles. The van der Waals surface area contributed by atoms with Crippen molar-refractivity contribution in [2.45, 2.75) is 143 Å². The zero-order valence-electron chi connectivity index (χ0n) is 41.0. The van der Waals surface area contributed by atoms with Gasteiger partial charge < -0.3 is 19.3 Å². The van der Waals surface area contributed by atoms with E-state index in [1.54, 1.807) is 6.07 Å². The highest BCUT2D eigenvalue weighted by Crippen LogP contribution is 2.34. The molecule has 0 aromatic heterocycles. The van der Waals surface area contributed by atoms with Gasteiger partial charge in [0.15, 0.2) is 0 Å². The predicted molar refractivity (Wildman–Crippen MR) is 267 cm³/mol. The minimum Gasteiger partial charge on any atom is -0.507 e. The number of phenols is 1. The fourth-order valence-electron chi connectivity index (χ4n) is 10.3. The van der Waals surface area contributed by atoms with Crippen molar-refractivity contribution in [3.8, 4) is 11.5 Å². The minimum absolute atomic E-state index is 0.0245. The molecule has 0 radical (unpaired) electrons. The maximum absolute atomic E-state index is 12.0. The fraction of sp³-hybridized carbons (Fsp3) is 0.600. The van der Waals surface area contributed by atoms with E-state index in [2.05, 4.69) is 72.2 Å². The number of hydrogen-bond acceptors (Lipinski definition) is 11. The first kappa shape index (κ1) is 52.1. The number of fused-ring (bicyclic) bond motifs is 2. The summed E-state index contributed by atoms with van der Waals surface area (Å²) in [5.74, 6) is 3.07. The Kier molecular flexibility index (Phi) is 20.2. The van der Waals surface area contributed by atoms with Crippen LogP contribution in [0.3, 0.4) is 0 Å². The first-order valence-corrected chi connectivity index (χ1v) is 27.2. The smallest absolute Gasteiger partial charge is 0.309 e. The van der Waals surface area contributed by atoms with Crippen LogP contribution in [0.15, 0.2) is 72.8 Å². The maximum Gasteiger partial charge on any atom is 0.309 e. The molecule has 1 N–H and O–H groups in total. The summed E-state index contributed by atoms with van der Waals surface area (Å²) in [6.07, 6.45) is 16.4. The average molecular weight is 943 g/mol. The van der Waals surface area contributed by atoms with Crippen LogP contribution in [0.5, 0.6) is 11.5 Å². The van der Waals surface area contributed by atoms with Crippen molar-refractivity contribution >= 4 is 43.6 Å². The van der Waals surface area contributed by atoms with Crippen LogP contribution in [0.4, 0.5) is 0 Å². The van der Waals surface area contributed by atoms with E-state index in [4.69, 9.17) is 18.4 Å². The number of carbonyl (C=O) groups is 2. The summed E-state index contributed by atoms with van der Waals surface area (Å²) >= 11 is 0. The molecule has 2 aliphatic heterocycles. The molecule has 0 spiro atoms. The third kappa shape index (κ3) is 16.2. The number of aromatic hydroxyl groups is 1. The van der Waals surface area contributed by atoms with E-state index in [1.807, 2.05) is 32.0 Å². The molecule has 2 aliphatic carbocycles. The molecule has 0 unspecified atom stereocenters. The molecule has 2 saturated heterocycles. The van der Waals surface area contributed by atoms with Crippen molar-refractivity contribution < 1.29 is 41.5 Å². The van der Waals surface area contributed by atoms with Crippen LogP contribution in [0, 0.1) is 23.7 Å². The summed E-state index contributed by atoms with van der Waals surface area (Å²) in [6.45, 7) is 14.7. The van der Waals surface area contributed by atoms with Crippen LogP contribution in [-0.4, -0.2) is 93.1 Å². The highest BCUT2D eigenvalue weighted by molar-refractivity contribution is 7.86. The number of rotatable bonds is 14. The van der Waals surface area contributed by atoms with Gasteiger partial charge in [-0.2, -0.15) is 8.42 Å². The van der Waals surface area contributed by atoms with Crippen LogP contribution in [0.2, 0.25) is 0 Å². The standard InChI is InChI=1S/C27H37NO3.C19H23NO3.C9H18O3S/c1-3-20-8-11-24(12-9-20)31-26-7-5-6-23-18-21(10-13-25(23)26)19-28-16-14-22(15-17-28)27(29)30-4-2;1-2-23-19(22)15-8-10-20(11-9-15)13-14-6-7-17-16(12-14)4-3-5-18(17)21;1-3-8-4-6-9(7-5-8)12-13(2,10)11/h5-7,10,13,18,20,22,24H,3-4,8-9,11-12,14-17,19H2,1-2H3;3-7,12,15,21H,2,8-11,13H2,1H3;8-9H,3-7H2,1-2H3. The first-order valence-electron chi connectivity index (χ1n) is 25.4. The number of carbonyl (C=O) groups excluding carboxylic acids is 2. The largest absolute Gasteiger partial charge is 0.507 e. The third-order valence-electron chi connectivity index (χ3n) is 14.4. The van der Waals surface area contributed by atoms with E-state index in [9.17, 15) is 23.1 Å². The van der Waals surface area contributed by atoms with Gasteiger partial charge in [-0.3, -0.25) is 23.6 Å². The Morgan fingerprint density at radius 1 is 0.582 bits per heavy atom. The monoisotopic (exact) mass is 943 g/mol. The van der Waals surface area contributed by atoms with E-state index in [-0.39, 0.29) is 29.9 Å². The van der Waals surface area contributed by atoms with E-state index in [0.29, 0.717) is 25.1 Å². The highest BCUT2D eigenvalue weighted by Gasteiger charge is 2.28. The lowest BCUT2D eigenvalue weighted by Crippen LogP contribution is -2.36. The Labute approximate surface area is 401 Å². The van der Waals surface area contributed by atoms with Crippen molar-refractivity contribution in [1.82, 2.24) is 9.80 Å². The van der Waals surface area contributed by atoms with Gasteiger partial charge in [0.1, 0.15) is 11.5 Å². The summed E-state index contributed by atoms with van der Waals surface area (Å²) < 4.78 is 43.4. The Morgan fingerprint density at radius 3 is 1.49 bits per heavy atom. The predicted octanol–water partition coefficient (Wildman–Crippen LogP) is 11.2. The van der Waals surface area contributed by atoms with Crippen molar-refractivity contribution in [2.75, 3.05) is 45.6 Å². The molecule has 8 rings (SSSR count). The quantitative estimate of drug-likeness (QED) is 0.0957. The summed E-state index contributed by atoms with van der Waals surface area (Å²) in [5, 5.41) is 14.3. The minimum atomic E-state index is -3.25. The number of piperidine rings is 2. The number of benzene rings is 4. The summed E-state index contributed by atoms with van der Waals surface area (Å²) in [5.41, 5.74) is 2.56. The lowest BCUT2D eigenvalue weighted by Gasteiger charge is -2.31. The summed E-state index contributed by atoms with van der Waals surface area (Å²) in [4.78, 5) is 28.6. The maximum atomic E-state index is 12.0. The Bertz CT molecular complexity index is 2270. The Hall–Kier alpha value is -4.23. The molecule has 0 atom stereocenters. The SMILES string of the molecule is CCC1CCC(OS(C)(=O)=O)CC1.CCOC(=O)C1CCN(Cc2ccc3c(O)cccc3c2)CC1.CCOC(=O)C1CCN(Cc2ccc3c(OC4CCC(CC)CC4)cccc3c2)CC1. The van der Waals surface area contributed by atoms with Crippen molar-refractivity contribution in [1.29, 1.82) is 0 Å². The summed E-state index contributed by atoms with van der Waals surface area (Å²) in [6, 6.07) is 25.0. The molecule has 0 bridgehead atoms. The highest BCUT2D eigenvalue weighted by atomic mass is 32.2. The lowest BCUT2D eigenvalue weighted by molar-refractivity contribution is -0.150. The topological polar surface area (TPSA) is 132 Å². The Morgan fingerprint density at radius 2 is 1.03 bits per heavy atom. The Balaban J connectivity index is 0.000000180. The zero-order valence-corrected chi connectivity index (χ0v) is 41.8. The van der Waals surface area contributed by atoms with Crippen LogP contribution in [-0.2, 0) is 46.5 Å². The van der Waals surface area contributed by atoms with Gasteiger partial charge in [-0.25, -0.2) is 0 Å². The number of esters is 2. The molecule has 4 aromatic rings. The molecule has 11 nitrogen and oxygen atoms in total. The molecule has 12 heteroatoms. The van der Waals surface area contributed by atoms with Gasteiger partial charge >= 0.3 is 11.9 Å². The molecule has 4 aliphatic rings. The number of phenolic OH excluding ortho intramolecular Hbond substituents is 1. The molecular formula is C55H78N2O9S. The van der Waals surface area contributed by atoms with E-state index >= 15 is 0 Å². The second-order valence-electron chi connectivity index (χ2n) is 19.3. The van der Waals surface area contributed by atoms with Crippen molar-refractivity contribution in [3.05, 3.63) is 83.9 Å². The van der Waals surface area contributed by atoms with Crippen LogP contribution in [0.1, 0.15) is 129 Å². The van der Waals surface area contributed by atoms with Gasteiger partial charge in [0.05, 0.1) is 43.5 Å². The van der Waals surface area contributed by atoms with Gasteiger partial charge in [-0.15, -0.1) is 0 Å². The van der Waals surface area contributed by atoms with Crippen LogP contribution in [0.25, 0.3) is 21.5 Å². The van der Waals surface area contributed by atoms with E-state index in [1.165, 1.54) is 60.4 Å². The average Bonchev–Trinajstić information content (AvgIpc) is 3.33. The normalized spacial score (nSPS) is 22.2. The van der Waals surface area contributed by atoms with Crippen molar-refractivity contribution in [2.24, 2.45) is 23.7 Å². The molecule has 4 aromatic carbocycles. The zero-order chi connectivity index (χ0) is 47.8. The molecular weight excluding hydrogens is 865 g/mol. The van der Waals surface area contributed by atoms with Crippen molar-refractivity contribution in [3.63, 3.8) is 0 Å². The lowest BCUT2D eigenvalue weighted by atomic mass is 9.86. The third-order valence-corrected chi connectivity index (χ3v) is 15.0. The second-order valence-corrected chi connectivity index (χ2v) is 20.9. The van der Waals surface area contributed by atoms with E-state index < -0.39 is 10.1 Å². The summed E-state index contributed by atoms with van der Waals surface area (Å²) in [7, 11) is -3.25. The molecule has 67 heavy (non-hydrogen) atoms. The van der Waals surface area contributed by atoms with Crippen LogP contribution >= 0.6 is 0 Å². The number of ether oxygens (including phenoxy) is 3. The van der Waals surface area contributed by atoms with Gasteiger partial charge in [-0.05, 0) is 175 Å². The number of likely N-dealkylation sites (tertiary alicyclic amines) is 2. The number of hydrogen-bond donors (Lipinski definition) is 1. The van der Waals surface area contributed by atoms with Gasteiger partial charge in [0.2, 0.25) is 0 Å². The van der Waals surface area contributed by atoms with Gasteiger partial charge in [-0.1, -0.05) is 75.2 Å². The fourth-order valence-corrected chi connectivity index (χ4v) is 11.0. The first-order chi connectivity index (χ1) is 32.3. The molecule has 2 heterocycles. The van der Waals surface area contributed by atoms with Gasteiger partial charge in [0, 0.05) is 23.9 Å². The van der Waals surface area contributed by atoms with Crippen LogP contribution < -0.4 is 4.74 Å².